The van der Waals surface area contributed by atoms with E-state index in [0.717, 1.165) is 45.3 Å². The Morgan fingerprint density at radius 1 is 1.20 bits per heavy atom. The second-order valence-corrected chi connectivity index (χ2v) is 8.30. The average molecular weight is 303 g/mol. The number of nitrogens with one attached hydrogen (secondary N) is 2. The molecule has 7 heteroatoms. The average Bonchev–Trinajstić information content (AvgIpc) is 2.65. The minimum Gasteiger partial charge on any atom is -0.341 e. The summed E-state index contributed by atoms with van der Waals surface area (Å²) in [5, 5.41) is 3.40. The maximum atomic E-state index is 12.6. The Hall–Kier alpha value is -0.660. The lowest BCUT2D eigenvalue weighted by Gasteiger charge is -2.31. The summed E-state index contributed by atoms with van der Waals surface area (Å²) in [6.45, 7) is 6.77. The van der Waals surface area contributed by atoms with Gasteiger partial charge in [0.2, 0.25) is 15.9 Å². The van der Waals surface area contributed by atoms with Crippen LogP contribution in [0.15, 0.2) is 0 Å². The van der Waals surface area contributed by atoms with Gasteiger partial charge in [-0.25, -0.2) is 13.1 Å². The van der Waals surface area contributed by atoms with E-state index in [1.165, 1.54) is 0 Å². The van der Waals surface area contributed by atoms with Gasteiger partial charge in [-0.3, -0.25) is 4.79 Å². The molecule has 2 N–H and O–H groups in total. The van der Waals surface area contributed by atoms with Crippen molar-refractivity contribution in [3.05, 3.63) is 0 Å². The molecule has 1 amide bonds. The van der Waals surface area contributed by atoms with Crippen LogP contribution in [0, 0.1) is 11.8 Å². The van der Waals surface area contributed by atoms with Crippen LogP contribution in [0.25, 0.3) is 0 Å². The number of amides is 1. The zero-order chi connectivity index (χ0) is 15.0. The summed E-state index contributed by atoms with van der Waals surface area (Å²) >= 11 is 0. The fraction of sp³-hybridized carbons (Fsp3) is 0.923. The van der Waals surface area contributed by atoms with Crippen molar-refractivity contribution < 1.29 is 13.2 Å². The monoisotopic (exact) mass is 303 g/mol. The molecule has 116 valence electrons. The minimum atomic E-state index is -3.40. The van der Waals surface area contributed by atoms with Crippen molar-refractivity contribution >= 4 is 15.9 Å². The van der Waals surface area contributed by atoms with Gasteiger partial charge in [-0.05, 0) is 51.6 Å². The number of carbonyl (C=O) groups is 1. The highest BCUT2D eigenvalue weighted by Crippen LogP contribution is 2.28. The van der Waals surface area contributed by atoms with Gasteiger partial charge in [0, 0.05) is 13.1 Å². The second kappa shape index (κ2) is 5.61. The fourth-order valence-electron chi connectivity index (χ4n) is 3.32. The maximum absolute atomic E-state index is 12.6. The Morgan fingerprint density at radius 3 is 2.15 bits per heavy atom. The molecule has 2 aliphatic heterocycles. The van der Waals surface area contributed by atoms with Crippen molar-refractivity contribution in [1.29, 1.82) is 0 Å². The van der Waals surface area contributed by atoms with Gasteiger partial charge in [-0.2, -0.15) is 0 Å². The van der Waals surface area contributed by atoms with Gasteiger partial charge in [-0.1, -0.05) is 0 Å². The van der Waals surface area contributed by atoms with Crippen LogP contribution in [0.2, 0.25) is 0 Å². The minimum absolute atomic E-state index is 0.129. The van der Waals surface area contributed by atoms with E-state index in [0.29, 0.717) is 11.8 Å². The highest BCUT2D eigenvalue weighted by Gasteiger charge is 2.37. The van der Waals surface area contributed by atoms with E-state index in [9.17, 15) is 13.2 Å². The van der Waals surface area contributed by atoms with Crippen LogP contribution in [-0.2, 0) is 14.8 Å². The van der Waals surface area contributed by atoms with E-state index in [-0.39, 0.29) is 5.91 Å². The third-order valence-electron chi connectivity index (χ3n) is 4.28. The van der Waals surface area contributed by atoms with Crippen molar-refractivity contribution in [3.8, 4) is 0 Å². The SMILES string of the molecule is CC(C)(NS(C)(=O)=O)C(=O)N1CC[C@@H]2CNC[C@@H]2CC1. The first kappa shape index (κ1) is 15.7. The molecule has 0 aliphatic carbocycles. The molecular formula is C13H25N3O3S. The predicted molar refractivity (Wildman–Crippen MR) is 77.7 cm³/mol. The lowest BCUT2D eigenvalue weighted by atomic mass is 9.92. The Morgan fingerprint density at radius 2 is 1.70 bits per heavy atom. The predicted octanol–water partition coefficient (Wildman–Crippen LogP) is -0.228. The molecule has 6 nitrogen and oxygen atoms in total. The number of hydrogen-bond acceptors (Lipinski definition) is 4. The molecule has 0 aromatic carbocycles. The molecule has 0 spiro atoms. The van der Waals surface area contributed by atoms with Gasteiger partial charge >= 0.3 is 0 Å². The number of likely N-dealkylation sites (tertiary alicyclic amines) is 1. The molecule has 0 bridgehead atoms. The van der Waals surface area contributed by atoms with Crippen LogP contribution >= 0.6 is 0 Å². The number of nitrogens with zero attached hydrogens (tertiary/aromatic N) is 1. The van der Waals surface area contributed by atoms with Crippen LogP contribution < -0.4 is 10.0 Å². The smallest absolute Gasteiger partial charge is 0.243 e. The van der Waals surface area contributed by atoms with Gasteiger partial charge in [0.15, 0.2) is 0 Å². The molecule has 2 saturated heterocycles. The van der Waals surface area contributed by atoms with Crippen molar-refractivity contribution in [3.63, 3.8) is 0 Å². The van der Waals surface area contributed by atoms with Gasteiger partial charge in [0.05, 0.1) is 6.26 Å². The summed E-state index contributed by atoms with van der Waals surface area (Å²) in [4.78, 5) is 14.4. The first-order valence-corrected chi connectivity index (χ1v) is 9.07. The first-order chi connectivity index (χ1) is 9.19. The fourth-order valence-corrected chi connectivity index (χ4v) is 4.34. The quantitative estimate of drug-likeness (QED) is 0.755. The van der Waals surface area contributed by atoms with Crippen LogP contribution in [-0.4, -0.2) is 57.2 Å². The Labute approximate surface area is 121 Å². The molecule has 0 radical (unpaired) electrons. The van der Waals surface area contributed by atoms with E-state index >= 15 is 0 Å². The van der Waals surface area contributed by atoms with Crippen molar-refractivity contribution in [2.75, 3.05) is 32.4 Å². The molecule has 0 saturated carbocycles. The van der Waals surface area contributed by atoms with Crippen molar-refractivity contribution in [2.45, 2.75) is 32.2 Å². The molecule has 20 heavy (non-hydrogen) atoms. The molecule has 0 aromatic heterocycles. The van der Waals surface area contributed by atoms with E-state index in [2.05, 4.69) is 10.0 Å². The second-order valence-electron chi connectivity index (χ2n) is 6.55. The molecule has 2 aliphatic rings. The van der Waals surface area contributed by atoms with Crippen LogP contribution in [0.1, 0.15) is 26.7 Å². The molecule has 0 unspecified atom stereocenters. The number of carbonyl (C=O) groups excluding carboxylic acids is 1. The summed E-state index contributed by atoms with van der Waals surface area (Å²) in [5.74, 6) is 1.17. The molecule has 2 atom stereocenters. The zero-order valence-electron chi connectivity index (χ0n) is 12.5. The Kier molecular flexibility index (Phi) is 4.41. The molecule has 2 heterocycles. The lowest BCUT2D eigenvalue weighted by Crippen LogP contribution is -2.55. The molecular weight excluding hydrogens is 278 g/mol. The summed E-state index contributed by atoms with van der Waals surface area (Å²) in [6.07, 6.45) is 3.08. The molecule has 2 fully saturated rings. The van der Waals surface area contributed by atoms with E-state index in [1.807, 2.05) is 4.90 Å². The number of rotatable bonds is 3. The van der Waals surface area contributed by atoms with Gasteiger partial charge < -0.3 is 10.2 Å². The van der Waals surface area contributed by atoms with Gasteiger partial charge in [0.1, 0.15) is 5.54 Å². The third-order valence-corrected chi connectivity index (χ3v) is 5.16. The van der Waals surface area contributed by atoms with E-state index in [1.54, 1.807) is 13.8 Å². The van der Waals surface area contributed by atoms with Gasteiger partial charge in [-0.15, -0.1) is 0 Å². The number of sulfonamides is 1. The molecule has 2 rings (SSSR count). The van der Waals surface area contributed by atoms with Crippen LogP contribution in [0.5, 0.6) is 0 Å². The first-order valence-electron chi connectivity index (χ1n) is 7.18. The zero-order valence-corrected chi connectivity index (χ0v) is 13.3. The number of hydrogen-bond donors (Lipinski definition) is 2. The highest BCUT2D eigenvalue weighted by atomic mass is 32.2. The van der Waals surface area contributed by atoms with Crippen LogP contribution in [0.3, 0.4) is 0 Å². The lowest BCUT2D eigenvalue weighted by molar-refractivity contribution is -0.136. The molecule has 0 aromatic rings. The van der Waals surface area contributed by atoms with Crippen LogP contribution in [0.4, 0.5) is 0 Å². The van der Waals surface area contributed by atoms with E-state index < -0.39 is 15.6 Å². The largest absolute Gasteiger partial charge is 0.341 e. The number of fused-ring (bicyclic) bond motifs is 1. The summed E-state index contributed by atoms with van der Waals surface area (Å²) in [7, 11) is -3.40. The Bertz CT molecular complexity index is 461. The summed E-state index contributed by atoms with van der Waals surface area (Å²) < 4.78 is 25.2. The van der Waals surface area contributed by atoms with E-state index in [4.69, 9.17) is 0 Å². The third kappa shape index (κ3) is 3.71. The Balaban J connectivity index is 2.02. The van der Waals surface area contributed by atoms with Crippen molar-refractivity contribution in [1.82, 2.24) is 14.9 Å². The maximum Gasteiger partial charge on any atom is 0.243 e. The highest BCUT2D eigenvalue weighted by molar-refractivity contribution is 7.88. The summed E-state index contributed by atoms with van der Waals surface area (Å²) in [6, 6.07) is 0. The normalized spacial score (nSPS) is 28.1. The van der Waals surface area contributed by atoms with Gasteiger partial charge in [0.25, 0.3) is 0 Å². The topological polar surface area (TPSA) is 78.5 Å². The van der Waals surface area contributed by atoms with Crippen molar-refractivity contribution in [2.24, 2.45) is 11.8 Å². The standard InChI is InChI=1S/C13H25N3O3S/c1-13(2,15-20(3,18)19)12(17)16-6-4-10-8-14-9-11(10)5-7-16/h10-11,14-15H,4-9H2,1-3H3/t10-,11+. The summed E-state index contributed by atoms with van der Waals surface area (Å²) in [5.41, 5.74) is -1.08.